The summed E-state index contributed by atoms with van der Waals surface area (Å²) in [5, 5.41) is 6.32. The highest BCUT2D eigenvalue weighted by Gasteiger charge is 2.17. The number of aromatic nitrogens is 1. The number of H-pyrrole nitrogens is 1. The Kier molecular flexibility index (Phi) is 7.44. The molecule has 0 saturated carbocycles. The number of para-hydroxylation sites is 1. The van der Waals surface area contributed by atoms with Gasteiger partial charge in [-0.05, 0) is 36.8 Å². The van der Waals surface area contributed by atoms with Gasteiger partial charge in [-0.2, -0.15) is 0 Å². The Hall–Kier alpha value is -3.43. The average Bonchev–Trinajstić information content (AvgIpc) is 2.80. The fourth-order valence-corrected chi connectivity index (χ4v) is 4.02. The second-order valence-corrected chi connectivity index (χ2v) is 8.42. The zero-order valence-electron chi connectivity index (χ0n) is 18.3. The topological polar surface area (TPSA) is 104 Å². The molecule has 1 aliphatic rings. The lowest BCUT2D eigenvalue weighted by Crippen LogP contribution is -2.40. The van der Waals surface area contributed by atoms with Gasteiger partial charge in [0.1, 0.15) is 18.2 Å². The molecular formula is C24H24ClFN4O4. The normalized spacial score (nSPS) is 16.2. The molecule has 3 N–H and O–H groups in total. The Morgan fingerprint density at radius 3 is 2.76 bits per heavy atom. The third kappa shape index (κ3) is 5.73. The molecule has 0 atom stereocenters. The molecule has 0 fully saturated rings. The number of fused-ring (bicyclic) bond motifs is 2. The number of amides is 2. The number of rotatable bonds is 2. The summed E-state index contributed by atoms with van der Waals surface area (Å²) in [6, 6.07) is 10.6. The van der Waals surface area contributed by atoms with Crippen LogP contribution in [0.3, 0.4) is 0 Å². The maximum atomic E-state index is 14.2. The van der Waals surface area contributed by atoms with E-state index in [4.69, 9.17) is 16.3 Å². The van der Waals surface area contributed by atoms with E-state index in [-0.39, 0.29) is 54.4 Å². The van der Waals surface area contributed by atoms with E-state index < -0.39 is 5.82 Å². The van der Waals surface area contributed by atoms with Gasteiger partial charge in [-0.15, -0.1) is 0 Å². The molecule has 2 heterocycles. The summed E-state index contributed by atoms with van der Waals surface area (Å²) in [5.41, 5.74) is 0.658. The van der Waals surface area contributed by atoms with Crippen molar-refractivity contribution in [3.8, 4) is 5.75 Å². The molecule has 2 amide bonds. The number of nitrogens with zero attached hydrogens (tertiary/aromatic N) is 1. The number of hydrogen-bond donors (Lipinski definition) is 3. The lowest BCUT2D eigenvalue weighted by atomic mass is 10.1. The minimum Gasteiger partial charge on any atom is -0.491 e. The lowest BCUT2D eigenvalue weighted by Gasteiger charge is -2.23. The molecular weight excluding hydrogens is 463 g/mol. The van der Waals surface area contributed by atoms with E-state index in [1.807, 2.05) is 4.90 Å². The number of benzene rings is 2. The van der Waals surface area contributed by atoms with Gasteiger partial charge in [-0.3, -0.25) is 19.3 Å². The van der Waals surface area contributed by atoms with Crippen LogP contribution in [0.1, 0.15) is 22.5 Å². The number of ether oxygens (including phenoxy) is 1. The molecule has 10 heteroatoms. The van der Waals surface area contributed by atoms with Gasteiger partial charge in [-0.25, -0.2) is 4.39 Å². The van der Waals surface area contributed by atoms with Gasteiger partial charge in [0.2, 0.25) is 5.91 Å². The van der Waals surface area contributed by atoms with Crippen molar-refractivity contribution in [2.75, 3.05) is 32.8 Å². The summed E-state index contributed by atoms with van der Waals surface area (Å²) in [4.78, 5) is 42.4. The minimum absolute atomic E-state index is 0.0669. The van der Waals surface area contributed by atoms with Gasteiger partial charge in [0, 0.05) is 41.8 Å². The van der Waals surface area contributed by atoms with E-state index >= 15 is 0 Å². The van der Waals surface area contributed by atoms with Crippen LogP contribution in [0.5, 0.6) is 5.75 Å². The monoisotopic (exact) mass is 486 g/mol. The molecule has 1 aliphatic heterocycles. The molecule has 34 heavy (non-hydrogen) atoms. The van der Waals surface area contributed by atoms with E-state index in [0.29, 0.717) is 41.5 Å². The summed E-state index contributed by atoms with van der Waals surface area (Å²) < 4.78 is 19.9. The number of nitrogens with one attached hydrogen (secondary N) is 3. The van der Waals surface area contributed by atoms with Crippen molar-refractivity contribution in [2.45, 2.75) is 13.0 Å². The smallest absolute Gasteiger partial charge is 0.255 e. The highest BCUT2D eigenvalue weighted by molar-refractivity contribution is 6.31. The maximum Gasteiger partial charge on any atom is 0.255 e. The molecule has 1 aromatic heterocycles. The Morgan fingerprint density at radius 2 is 1.91 bits per heavy atom. The summed E-state index contributed by atoms with van der Waals surface area (Å²) in [5.74, 6) is -0.643. The Labute approximate surface area is 200 Å². The highest BCUT2D eigenvalue weighted by Crippen LogP contribution is 2.23. The van der Waals surface area contributed by atoms with Crippen molar-refractivity contribution in [3.63, 3.8) is 0 Å². The fourth-order valence-electron chi connectivity index (χ4n) is 3.84. The van der Waals surface area contributed by atoms with Gasteiger partial charge >= 0.3 is 0 Å². The van der Waals surface area contributed by atoms with E-state index in [1.54, 1.807) is 18.2 Å². The molecule has 0 bridgehead atoms. The zero-order chi connectivity index (χ0) is 24.1. The number of aromatic amines is 1. The van der Waals surface area contributed by atoms with Crippen molar-refractivity contribution in [1.82, 2.24) is 20.5 Å². The minimum atomic E-state index is -0.515. The predicted molar refractivity (Wildman–Crippen MR) is 127 cm³/mol. The van der Waals surface area contributed by atoms with Crippen LogP contribution in [0.15, 0.2) is 47.3 Å². The average molecular weight is 487 g/mol. The first-order chi connectivity index (χ1) is 16.4. The van der Waals surface area contributed by atoms with Gasteiger partial charge in [0.05, 0.1) is 24.2 Å². The number of carbonyl (C=O) groups excluding carboxylic acids is 2. The third-order valence-corrected chi connectivity index (χ3v) is 5.67. The lowest BCUT2D eigenvalue weighted by molar-refractivity contribution is -0.122. The van der Waals surface area contributed by atoms with Gasteiger partial charge in [-0.1, -0.05) is 17.7 Å². The second kappa shape index (κ2) is 10.7. The number of halogens is 2. The standard InChI is InChI=1S/C24H24ClFN4O4/c25-15-5-6-21-18(11-15)24(33)28-7-2-9-30(14-22(32)27-8-10-34-21)13-16-12-20(31)17-3-1-4-19(26)23(17)29-16/h1,3-6,11-12H,2,7-10,13-14H2,(H,27,32)(H,28,33)(H,29,31). The fraction of sp³-hybridized carbons (Fsp3) is 0.292. The number of hydrogen-bond acceptors (Lipinski definition) is 5. The predicted octanol–water partition coefficient (Wildman–Crippen LogP) is 2.45. The van der Waals surface area contributed by atoms with Crippen LogP contribution >= 0.6 is 11.6 Å². The van der Waals surface area contributed by atoms with Crippen molar-refractivity contribution in [2.24, 2.45) is 0 Å². The highest BCUT2D eigenvalue weighted by atomic mass is 35.5. The van der Waals surface area contributed by atoms with Crippen molar-refractivity contribution in [3.05, 3.63) is 74.8 Å². The summed E-state index contributed by atoms with van der Waals surface area (Å²) in [6.07, 6.45) is 0.544. The largest absolute Gasteiger partial charge is 0.491 e. The van der Waals surface area contributed by atoms with Crippen LogP contribution < -0.4 is 20.8 Å². The summed E-state index contributed by atoms with van der Waals surface area (Å²) in [6.45, 7) is 1.53. The molecule has 3 aromatic rings. The van der Waals surface area contributed by atoms with Crippen LogP contribution in [-0.4, -0.2) is 54.5 Å². The maximum absolute atomic E-state index is 14.2. The SMILES string of the molecule is O=C1CN(Cc2cc(=O)c3cccc(F)c3[nH]2)CCCNC(=O)c2cc(Cl)ccc2OCCN1. The molecule has 0 spiro atoms. The van der Waals surface area contributed by atoms with Crippen LogP contribution in [0.25, 0.3) is 10.9 Å². The molecule has 0 aliphatic carbocycles. The van der Waals surface area contributed by atoms with Crippen molar-refractivity contribution < 1.29 is 18.7 Å². The molecule has 2 aromatic carbocycles. The van der Waals surface area contributed by atoms with Crippen LogP contribution in [0, 0.1) is 5.82 Å². The Balaban J connectivity index is 1.50. The Morgan fingerprint density at radius 1 is 1.06 bits per heavy atom. The summed E-state index contributed by atoms with van der Waals surface area (Å²) >= 11 is 6.04. The first kappa shape index (κ1) is 23.7. The van der Waals surface area contributed by atoms with Crippen LogP contribution in [0.2, 0.25) is 5.02 Å². The van der Waals surface area contributed by atoms with E-state index in [2.05, 4.69) is 15.6 Å². The van der Waals surface area contributed by atoms with E-state index in [1.165, 1.54) is 24.3 Å². The first-order valence-corrected chi connectivity index (χ1v) is 11.3. The quantitative estimate of drug-likeness (QED) is 0.516. The van der Waals surface area contributed by atoms with E-state index in [0.717, 1.165) is 0 Å². The molecule has 4 rings (SSSR count). The van der Waals surface area contributed by atoms with Crippen LogP contribution in [-0.2, 0) is 11.3 Å². The van der Waals surface area contributed by atoms with Gasteiger partial charge in [0.15, 0.2) is 5.43 Å². The molecule has 0 radical (unpaired) electrons. The number of pyridine rings is 1. The van der Waals surface area contributed by atoms with Gasteiger partial charge in [0.25, 0.3) is 5.91 Å². The second-order valence-electron chi connectivity index (χ2n) is 7.98. The summed E-state index contributed by atoms with van der Waals surface area (Å²) in [7, 11) is 0. The zero-order valence-corrected chi connectivity index (χ0v) is 19.1. The Bertz CT molecular complexity index is 1280. The molecule has 8 nitrogen and oxygen atoms in total. The number of carbonyl (C=O) groups is 2. The molecule has 178 valence electrons. The van der Waals surface area contributed by atoms with Gasteiger partial charge < -0.3 is 20.4 Å². The first-order valence-electron chi connectivity index (χ1n) is 10.9. The third-order valence-electron chi connectivity index (χ3n) is 5.44. The molecule has 0 saturated heterocycles. The van der Waals surface area contributed by atoms with Crippen molar-refractivity contribution in [1.29, 1.82) is 0 Å². The molecule has 0 unspecified atom stereocenters. The van der Waals surface area contributed by atoms with Crippen molar-refractivity contribution >= 4 is 34.3 Å². The van der Waals surface area contributed by atoms with E-state index in [9.17, 15) is 18.8 Å². The van der Waals surface area contributed by atoms with Crippen LogP contribution in [0.4, 0.5) is 4.39 Å².